The predicted molar refractivity (Wildman–Crippen MR) is 148 cm³/mol. The molecule has 2 fully saturated rings. The van der Waals surface area contributed by atoms with Gasteiger partial charge in [0.1, 0.15) is 0 Å². The molecular weight excluding hydrogens is 474 g/mol. The van der Waals surface area contributed by atoms with Gasteiger partial charge in [0.25, 0.3) is 5.91 Å². The van der Waals surface area contributed by atoms with E-state index in [-0.39, 0.29) is 17.4 Å². The van der Waals surface area contributed by atoms with Gasteiger partial charge in [-0.3, -0.25) is 4.79 Å². The predicted octanol–water partition coefficient (Wildman–Crippen LogP) is 7.64. The molecule has 2 aliphatic rings. The number of carbonyl (C=O) groups excluding carboxylic acids is 1. The molecule has 35 heavy (non-hydrogen) atoms. The Hall–Kier alpha value is -2.63. The number of hydrogen-bond acceptors (Lipinski definition) is 3. The lowest BCUT2D eigenvalue weighted by Crippen LogP contribution is -2.48. The minimum Gasteiger partial charge on any atom is -0.356 e. The molecule has 1 aliphatic heterocycles. The number of hydrogen-bond donors (Lipinski definition) is 1. The van der Waals surface area contributed by atoms with Gasteiger partial charge in [0.05, 0.1) is 4.91 Å². The van der Waals surface area contributed by atoms with Crippen LogP contribution in [-0.2, 0) is 4.79 Å². The minimum atomic E-state index is -0.113. The Kier molecular flexibility index (Phi) is 6.99. The number of nitrogens with one attached hydrogen (secondary N) is 1. The van der Waals surface area contributed by atoms with E-state index in [0.29, 0.717) is 10.9 Å². The van der Waals surface area contributed by atoms with Crippen molar-refractivity contribution in [3.05, 3.63) is 87.5 Å². The highest BCUT2D eigenvalue weighted by Crippen LogP contribution is 2.42. The third-order valence-corrected chi connectivity index (χ3v) is 8.60. The summed E-state index contributed by atoms with van der Waals surface area (Å²) in [6, 6.07) is 20.5. The van der Waals surface area contributed by atoms with Gasteiger partial charge in [-0.05, 0) is 80.6 Å². The van der Waals surface area contributed by atoms with Crippen molar-refractivity contribution in [3.63, 3.8) is 0 Å². The molecule has 1 aromatic heterocycles. The summed E-state index contributed by atoms with van der Waals surface area (Å²) in [5, 5.41) is 4.34. The second-order valence-corrected chi connectivity index (χ2v) is 11.2. The highest BCUT2D eigenvalue weighted by atomic mass is 35.5. The molecule has 1 amide bonds. The van der Waals surface area contributed by atoms with Gasteiger partial charge in [-0.1, -0.05) is 67.4 Å². The van der Waals surface area contributed by atoms with Gasteiger partial charge in [-0.25, -0.2) is 0 Å². The number of carbonyl (C=O) groups is 1. The van der Waals surface area contributed by atoms with Crippen LogP contribution in [0, 0.1) is 19.8 Å². The summed E-state index contributed by atoms with van der Waals surface area (Å²) in [5.41, 5.74) is 5.23. The van der Waals surface area contributed by atoms with Crippen molar-refractivity contribution in [2.24, 2.45) is 5.92 Å². The van der Waals surface area contributed by atoms with Crippen LogP contribution in [0.25, 0.3) is 11.8 Å². The lowest BCUT2D eigenvalue weighted by Gasteiger charge is -2.39. The van der Waals surface area contributed by atoms with Crippen LogP contribution in [0.3, 0.4) is 0 Å². The van der Waals surface area contributed by atoms with Crippen molar-refractivity contribution in [2.45, 2.75) is 58.0 Å². The molecule has 6 heteroatoms. The maximum absolute atomic E-state index is 13.8. The van der Waals surface area contributed by atoms with Gasteiger partial charge >= 0.3 is 0 Å². The fourth-order valence-electron chi connectivity index (χ4n) is 5.45. The number of rotatable bonds is 5. The van der Waals surface area contributed by atoms with Gasteiger partial charge in [-0.15, -0.1) is 0 Å². The van der Waals surface area contributed by atoms with Crippen LogP contribution in [0.5, 0.6) is 0 Å². The first-order valence-corrected chi connectivity index (χ1v) is 13.7. The van der Waals surface area contributed by atoms with E-state index in [2.05, 4.69) is 65.9 Å². The standard InChI is InChI=1S/C29H32ClN3OS/c1-19-10-7-8-15-26(19)33-28(34)27(35-29(33)31-24-12-5-4-6-13-24)17-22-16-20(2)32(21(22)3)25-14-9-11-23(30)18-25/h4-6,9,11-14,16-19,26,29,31H,7-8,10,15H2,1-3H3/b27-17-/t19-,26-,29?/m1/s1. The SMILES string of the molecule is Cc1cc(/C=C2\SC(Nc3ccccc3)N([C@@H]3CCCC[C@H]3C)C2=O)c(C)n1-c1cccc(Cl)c1. The number of para-hydroxylation sites is 1. The largest absolute Gasteiger partial charge is 0.356 e. The Balaban J connectivity index is 1.49. The number of nitrogens with zero attached hydrogens (tertiary/aromatic N) is 2. The molecule has 0 radical (unpaired) electrons. The number of aromatic nitrogens is 1. The number of halogens is 1. The molecule has 2 aromatic carbocycles. The van der Waals surface area contributed by atoms with Crippen molar-refractivity contribution < 1.29 is 4.79 Å². The summed E-state index contributed by atoms with van der Waals surface area (Å²) in [5.74, 6) is 0.635. The summed E-state index contributed by atoms with van der Waals surface area (Å²) in [6.07, 6.45) is 6.75. The quantitative estimate of drug-likeness (QED) is 0.362. The smallest absolute Gasteiger partial charge is 0.262 e. The zero-order valence-electron chi connectivity index (χ0n) is 20.5. The summed E-state index contributed by atoms with van der Waals surface area (Å²) in [4.78, 5) is 16.8. The van der Waals surface area contributed by atoms with Crippen LogP contribution in [0.15, 0.2) is 65.6 Å². The first-order valence-electron chi connectivity index (χ1n) is 12.4. The minimum absolute atomic E-state index is 0.113. The van der Waals surface area contributed by atoms with Crippen LogP contribution in [-0.4, -0.2) is 26.9 Å². The zero-order valence-corrected chi connectivity index (χ0v) is 22.1. The van der Waals surface area contributed by atoms with Crippen molar-refractivity contribution in [1.29, 1.82) is 0 Å². The van der Waals surface area contributed by atoms with E-state index in [9.17, 15) is 4.79 Å². The van der Waals surface area contributed by atoms with E-state index in [1.54, 1.807) is 11.8 Å². The molecule has 3 aromatic rings. The number of thioether (sulfide) groups is 1. The van der Waals surface area contributed by atoms with Crippen molar-refractivity contribution in [1.82, 2.24) is 9.47 Å². The van der Waals surface area contributed by atoms with Crippen molar-refractivity contribution >= 4 is 41.0 Å². The fraction of sp³-hybridized carbons (Fsp3) is 0.345. The van der Waals surface area contributed by atoms with Crippen LogP contribution in [0.1, 0.15) is 49.6 Å². The fourth-order valence-corrected chi connectivity index (χ4v) is 6.84. The molecule has 0 spiro atoms. The van der Waals surface area contributed by atoms with Crippen molar-refractivity contribution in [3.8, 4) is 5.69 Å². The van der Waals surface area contributed by atoms with E-state index in [4.69, 9.17) is 11.6 Å². The Labute approximate surface area is 217 Å². The zero-order chi connectivity index (χ0) is 24.5. The summed E-state index contributed by atoms with van der Waals surface area (Å²) >= 11 is 7.89. The van der Waals surface area contributed by atoms with Crippen LogP contribution >= 0.6 is 23.4 Å². The molecule has 1 saturated heterocycles. The molecule has 2 heterocycles. The van der Waals surface area contributed by atoms with Gasteiger partial charge < -0.3 is 14.8 Å². The third-order valence-electron chi connectivity index (χ3n) is 7.25. The maximum Gasteiger partial charge on any atom is 0.262 e. The normalized spacial score (nSPS) is 23.8. The van der Waals surface area contributed by atoms with Crippen LogP contribution in [0.2, 0.25) is 5.02 Å². The molecule has 182 valence electrons. The summed E-state index contributed by atoms with van der Waals surface area (Å²) < 4.78 is 2.20. The Morgan fingerprint density at radius 2 is 1.80 bits per heavy atom. The highest BCUT2D eigenvalue weighted by Gasteiger charge is 2.43. The second kappa shape index (κ2) is 10.2. The van der Waals surface area contributed by atoms with E-state index < -0.39 is 0 Å². The van der Waals surface area contributed by atoms with Crippen LogP contribution < -0.4 is 5.32 Å². The van der Waals surface area contributed by atoms with E-state index in [1.807, 2.05) is 36.4 Å². The van der Waals surface area contributed by atoms with Crippen LogP contribution in [0.4, 0.5) is 5.69 Å². The first kappa shape index (κ1) is 24.1. The molecular formula is C29H32ClN3OS. The maximum atomic E-state index is 13.8. The lowest BCUT2D eigenvalue weighted by atomic mass is 9.85. The third kappa shape index (κ3) is 4.89. The topological polar surface area (TPSA) is 37.3 Å². The average molecular weight is 506 g/mol. The molecule has 1 unspecified atom stereocenters. The molecule has 1 N–H and O–H groups in total. The molecule has 3 atom stereocenters. The molecule has 1 aliphatic carbocycles. The number of anilines is 1. The van der Waals surface area contributed by atoms with Gasteiger partial charge in [-0.2, -0.15) is 0 Å². The Morgan fingerprint density at radius 1 is 1.03 bits per heavy atom. The number of benzene rings is 2. The summed E-state index contributed by atoms with van der Waals surface area (Å²) in [7, 11) is 0. The highest BCUT2D eigenvalue weighted by molar-refractivity contribution is 8.05. The number of aryl methyl sites for hydroxylation is 1. The monoisotopic (exact) mass is 505 g/mol. The average Bonchev–Trinajstić information content (AvgIpc) is 3.29. The van der Waals surface area contributed by atoms with Gasteiger partial charge in [0.15, 0.2) is 5.50 Å². The van der Waals surface area contributed by atoms with E-state index >= 15 is 0 Å². The second-order valence-electron chi connectivity index (χ2n) is 9.67. The lowest BCUT2D eigenvalue weighted by molar-refractivity contribution is -0.129. The molecule has 1 saturated carbocycles. The van der Waals surface area contributed by atoms with E-state index in [1.165, 1.54) is 19.3 Å². The van der Waals surface area contributed by atoms with E-state index in [0.717, 1.165) is 39.7 Å². The molecule has 5 rings (SSSR count). The first-order chi connectivity index (χ1) is 16.9. The van der Waals surface area contributed by atoms with Gasteiger partial charge in [0, 0.05) is 33.8 Å². The Morgan fingerprint density at radius 3 is 2.54 bits per heavy atom. The van der Waals surface area contributed by atoms with Crippen molar-refractivity contribution in [2.75, 3.05) is 5.32 Å². The summed E-state index contributed by atoms with van der Waals surface area (Å²) in [6.45, 7) is 6.49. The number of amides is 1. The molecule has 4 nitrogen and oxygen atoms in total. The van der Waals surface area contributed by atoms with Gasteiger partial charge in [0.2, 0.25) is 0 Å². The molecule has 0 bridgehead atoms. The Bertz CT molecular complexity index is 1250.